The first-order valence-electron chi connectivity index (χ1n) is 8.39. The van der Waals surface area contributed by atoms with Gasteiger partial charge in [0.15, 0.2) is 0 Å². The zero-order chi connectivity index (χ0) is 19.9. The minimum Gasteiger partial charge on any atom is -0.354 e. The van der Waals surface area contributed by atoms with E-state index in [1.54, 1.807) is 36.0 Å². The van der Waals surface area contributed by atoms with Crippen LogP contribution in [0.25, 0.3) is 0 Å². The molecular weight excluding hydrogens is 404 g/mol. The lowest BCUT2D eigenvalue weighted by Crippen LogP contribution is -2.41. The van der Waals surface area contributed by atoms with Gasteiger partial charge in [0.05, 0.1) is 17.0 Å². The van der Waals surface area contributed by atoms with Gasteiger partial charge in [-0.15, -0.1) is 0 Å². The molecule has 0 bridgehead atoms. The number of carbonyl (C=O) groups excluding carboxylic acids is 1. The smallest absolute Gasteiger partial charge is 0.240 e. The van der Waals surface area contributed by atoms with E-state index in [0.717, 1.165) is 22.1 Å². The van der Waals surface area contributed by atoms with Gasteiger partial charge < -0.3 is 5.32 Å². The van der Waals surface area contributed by atoms with Gasteiger partial charge in [0.25, 0.3) is 0 Å². The van der Waals surface area contributed by atoms with E-state index in [-0.39, 0.29) is 17.5 Å². The largest absolute Gasteiger partial charge is 0.354 e. The van der Waals surface area contributed by atoms with E-state index in [1.807, 2.05) is 0 Å². The van der Waals surface area contributed by atoms with Gasteiger partial charge in [0, 0.05) is 18.1 Å². The lowest BCUT2D eigenvalue weighted by atomic mass is 10.2. The number of nitrogens with one attached hydrogen (secondary N) is 1. The first-order valence-corrected chi connectivity index (χ1v) is 11.8. The van der Waals surface area contributed by atoms with E-state index in [9.17, 15) is 13.2 Å². The van der Waals surface area contributed by atoms with E-state index < -0.39 is 10.0 Å². The van der Waals surface area contributed by atoms with Crippen molar-refractivity contribution in [1.29, 1.82) is 0 Å². The minimum absolute atomic E-state index is 0.282. The van der Waals surface area contributed by atoms with Crippen molar-refractivity contribution in [3.05, 3.63) is 64.7 Å². The molecule has 0 fully saturated rings. The Morgan fingerprint density at radius 2 is 1.81 bits per heavy atom. The Morgan fingerprint density at radius 1 is 1.15 bits per heavy atom. The van der Waals surface area contributed by atoms with E-state index in [1.165, 1.54) is 11.1 Å². The van der Waals surface area contributed by atoms with Crippen LogP contribution < -0.4 is 9.62 Å². The summed E-state index contributed by atoms with van der Waals surface area (Å²) in [6, 6.07) is 14.9. The molecule has 2 aromatic carbocycles. The predicted octanol–water partition coefficient (Wildman–Crippen LogP) is 3.46. The molecule has 0 heterocycles. The number of hydrogen-bond acceptors (Lipinski definition) is 4. The maximum Gasteiger partial charge on any atom is 0.240 e. The number of aryl methyl sites for hydroxylation is 1. The molecule has 2 rings (SSSR count). The quantitative estimate of drug-likeness (QED) is 0.623. The molecule has 0 aliphatic carbocycles. The molecule has 2 aromatic rings. The van der Waals surface area contributed by atoms with Crippen LogP contribution in [0, 0.1) is 6.92 Å². The Morgan fingerprint density at radius 3 is 2.44 bits per heavy atom. The van der Waals surface area contributed by atoms with Crippen LogP contribution in [0.1, 0.15) is 11.1 Å². The second-order valence-corrected chi connectivity index (χ2v) is 9.53. The molecule has 146 valence electrons. The third-order valence-corrected chi connectivity index (χ3v) is 6.24. The van der Waals surface area contributed by atoms with Gasteiger partial charge in [0.2, 0.25) is 15.9 Å². The predicted molar refractivity (Wildman–Crippen MR) is 114 cm³/mol. The fourth-order valence-electron chi connectivity index (χ4n) is 2.36. The molecule has 8 heteroatoms. The number of para-hydroxylation sites is 1. The van der Waals surface area contributed by atoms with Crippen LogP contribution in [0.15, 0.2) is 48.5 Å². The highest BCUT2D eigenvalue weighted by molar-refractivity contribution is 7.98. The SMILES string of the molecule is Cc1ccc(CSCCNC(=O)CN(c2ccccc2Cl)S(C)(=O)=O)cc1. The maximum absolute atomic E-state index is 12.2. The van der Waals surface area contributed by atoms with Crippen LogP contribution in [-0.2, 0) is 20.6 Å². The van der Waals surface area contributed by atoms with Gasteiger partial charge >= 0.3 is 0 Å². The summed E-state index contributed by atoms with van der Waals surface area (Å²) < 4.78 is 25.1. The Labute approximate surface area is 170 Å². The molecule has 0 saturated heterocycles. The molecule has 27 heavy (non-hydrogen) atoms. The van der Waals surface area contributed by atoms with E-state index in [0.29, 0.717) is 12.2 Å². The zero-order valence-electron chi connectivity index (χ0n) is 15.3. The van der Waals surface area contributed by atoms with Crippen molar-refractivity contribution in [1.82, 2.24) is 5.32 Å². The van der Waals surface area contributed by atoms with Crippen LogP contribution in [0.4, 0.5) is 5.69 Å². The molecule has 0 atom stereocenters. The number of benzene rings is 2. The lowest BCUT2D eigenvalue weighted by Gasteiger charge is -2.22. The number of hydrogen-bond donors (Lipinski definition) is 1. The van der Waals surface area contributed by atoms with Crippen LogP contribution in [0.2, 0.25) is 5.02 Å². The Hall–Kier alpha value is -1.70. The highest BCUT2D eigenvalue weighted by atomic mass is 35.5. The number of halogens is 1. The van der Waals surface area contributed by atoms with Crippen molar-refractivity contribution in [3.8, 4) is 0 Å². The third-order valence-electron chi connectivity index (χ3n) is 3.77. The number of amides is 1. The van der Waals surface area contributed by atoms with Gasteiger partial charge in [-0.3, -0.25) is 9.10 Å². The van der Waals surface area contributed by atoms with Crippen molar-refractivity contribution in [3.63, 3.8) is 0 Å². The van der Waals surface area contributed by atoms with Gasteiger partial charge in [-0.05, 0) is 24.6 Å². The second kappa shape index (κ2) is 10.0. The monoisotopic (exact) mass is 426 g/mol. The topological polar surface area (TPSA) is 66.5 Å². The Bertz CT molecular complexity index is 871. The van der Waals surface area contributed by atoms with Gasteiger partial charge in [-0.25, -0.2) is 8.42 Å². The lowest BCUT2D eigenvalue weighted by molar-refractivity contribution is -0.119. The molecule has 0 saturated carbocycles. The summed E-state index contributed by atoms with van der Waals surface area (Å²) in [6.45, 7) is 2.22. The fraction of sp³-hybridized carbons (Fsp3) is 0.316. The minimum atomic E-state index is -3.63. The van der Waals surface area contributed by atoms with E-state index >= 15 is 0 Å². The first-order chi connectivity index (χ1) is 12.8. The molecule has 1 N–H and O–H groups in total. The Balaban J connectivity index is 1.82. The molecule has 5 nitrogen and oxygen atoms in total. The number of anilines is 1. The third kappa shape index (κ3) is 7.08. The van der Waals surface area contributed by atoms with E-state index in [2.05, 4.69) is 36.5 Å². The summed E-state index contributed by atoms with van der Waals surface area (Å²) in [5.74, 6) is 1.24. The summed E-state index contributed by atoms with van der Waals surface area (Å²) in [6.07, 6.45) is 1.06. The van der Waals surface area contributed by atoms with Crippen LogP contribution >= 0.6 is 23.4 Å². The summed E-state index contributed by atoms with van der Waals surface area (Å²) in [5.41, 5.74) is 2.76. The number of carbonyl (C=O) groups is 1. The van der Waals surface area contributed by atoms with Gasteiger partial charge in [0.1, 0.15) is 6.54 Å². The molecule has 0 radical (unpaired) electrons. The first kappa shape index (κ1) is 21.6. The van der Waals surface area contributed by atoms with Crippen LogP contribution in [0.5, 0.6) is 0 Å². The molecule has 0 aliphatic heterocycles. The van der Waals surface area contributed by atoms with Crippen molar-refractivity contribution in [2.75, 3.05) is 29.4 Å². The highest BCUT2D eigenvalue weighted by Crippen LogP contribution is 2.26. The molecule has 0 aliphatic rings. The molecule has 0 aromatic heterocycles. The number of rotatable bonds is 9. The Kier molecular flexibility index (Phi) is 8.01. The van der Waals surface area contributed by atoms with Crippen LogP contribution in [0.3, 0.4) is 0 Å². The van der Waals surface area contributed by atoms with E-state index in [4.69, 9.17) is 11.6 Å². The molecule has 0 unspecified atom stereocenters. The van der Waals surface area contributed by atoms with Crippen molar-refractivity contribution >= 4 is 45.0 Å². The summed E-state index contributed by atoms with van der Waals surface area (Å²) in [7, 11) is -3.63. The average molecular weight is 427 g/mol. The molecule has 1 amide bonds. The van der Waals surface area contributed by atoms with Crippen molar-refractivity contribution < 1.29 is 13.2 Å². The highest BCUT2D eigenvalue weighted by Gasteiger charge is 2.22. The molecule has 0 spiro atoms. The van der Waals surface area contributed by atoms with Crippen molar-refractivity contribution in [2.45, 2.75) is 12.7 Å². The zero-order valence-corrected chi connectivity index (χ0v) is 17.7. The average Bonchev–Trinajstić information content (AvgIpc) is 2.61. The normalized spacial score (nSPS) is 11.2. The second-order valence-electron chi connectivity index (χ2n) is 6.11. The van der Waals surface area contributed by atoms with Gasteiger partial charge in [-0.2, -0.15) is 11.8 Å². The number of sulfonamides is 1. The van der Waals surface area contributed by atoms with Gasteiger partial charge in [-0.1, -0.05) is 53.6 Å². The standard InChI is InChI=1S/C19H23ClN2O3S2/c1-15-7-9-16(10-8-15)14-26-12-11-21-19(23)13-22(27(2,24)25)18-6-4-3-5-17(18)20/h3-10H,11-14H2,1-2H3,(H,21,23). The summed E-state index contributed by atoms with van der Waals surface area (Å²) in [4.78, 5) is 12.2. The molecular formula is C19H23ClN2O3S2. The van der Waals surface area contributed by atoms with Crippen molar-refractivity contribution in [2.24, 2.45) is 0 Å². The number of nitrogens with zero attached hydrogens (tertiary/aromatic N) is 1. The fourth-order valence-corrected chi connectivity index (χ4v) is 4.33. The summed E-state index contributed by atoms with van der Waals surface area (Å²) in [5, 5.41) is 3.04. The van der Waals surface area contributed by atoms with Crippen LogP contribution in [-0.4, -0.2) is 39.4 Å². The maximum atomic E-state index is 12.2. The number of thioether (sulfide) groups is 1. The summed E-state index contributed by atoms with van der Waals surface area (Å²) >= 11 is 7.79.